The van der Waals surface area contributed by atoms with Crippen molar-refractivity contribution in [3.05, 3.63) is 71.3 Å². The van der Waals surface area contributed by atoms with Crippen molar-refractivity contribution in [2.45, 2.75) is 25.9 Å². The third kappa shape index (κ3) is 5.46. The maximum Gasteiger partial charge on any atom is 0.244 e. The molecule has 26 heavy (non-hydrogen) atoms. The number of nitrogens with zero attached hydrogens (tertiary/aromatic N) is 1. The second-order valence-corrected chi connectivity index (χ2v) is 6.62. The second-order valence-electron chi connectivity index (χ2n) is 6.62. The third-order valence-electron chi connectivity index (χ3n) is 4.64. The molecule has 0 spiro atoms. The lowest BCUT2D eigenvalue weighted by atomic mass is 10.1. The van der Waals surface area contributed by atoms with Gasteiger partial charge in [-0.3, -0.25) is 9.69 Å². The van der Waals surface area contributed by atoms with E-state index in [0.29, 0.717) is 6.54 Å². The average molecular weight is 350 g/mol. The molecule has 1 saturated heterocycles. The van der Waals surface area contributed by atoms with Crippen LogP contribution in [-0.4, -0.2) is 31.0 Å². The van der Waals surface area contributed by atoms with E-state index in [1.54, 1.807) is 19.3 Å². The van der Waals surface area contributed by atoms with Crippen LogP contribution in [0.3, 0.4) is 0 Å². The number of benzene rings is 2. The Morgan fingerprint density at radius 1 is 1.04 bits per heavy atom. The fourth-order valence-corrected chi connectivity index (χ4v) is 3.10. The third-order valence-corrected chi connectivity index (χ3v) is 4.64. The van der Waals surface area contributed by atoms with Crippen LogP contribution < -0.4 is 10.1 Å². The molecule has 0 unspecified atom stereocenters. The van der Waals surface area contributed by atoms with Gasteiger partial charge in [0.05, 0.1) is 7.11 Å². The summed E-state index contributed by atoms with van der Waals surface area (Å²) in [4.78, 5) is 14.5. The minimum atomic E-state index is -0.0954. The number of amides is 1. The summed E-state index contributed by atoms with van der Waals surface area (Å²) in [5.41, 5.74) is 3.41. The summed E-state index contributed by atoms with van der Waals surface area (Å²) in [6.07, 6.45) is 5.99. The minimum Gasteiger partial charge on any atom is -0.497 e. The fourth-order valence-electron chi connectivity index (χ4n) is 3.10. The maximum atomic E-state index is 12.0. The van der Waals surface area contributed by atoms with Crippen LogP contribution in [-0.2, 0) is 17.9 Å². The second kappa shape index (κ2) is 9.20. The number of rotatable bonds is 7. The van der Waals surface area contributed by atoms with E-state index < -0.39 is 0 Å². The Balaban J connectivity index is 1.45. The van der Waals surface area contributed by atoms with Gasteiger partial charge in [0.25, 0.3) is 0 Å². The Hall–Kier alpha value is -2.59. The molecule has 1 aliphatic rings. The number of hydrogen-bond donors (Lipinski definition) is 1. The first-order valence-corrected chi connectivity index (χ1v) is 9.13. The minimum absolute atomic E-state index is 0.0954. The van der Waals surface area contributed by atoms with Crippen molar-refractivity contribution in [2.75, 3.05) is 20.2 Å². The van der Waals surface area contributed by atoms with Crippen molar-refractivity contribution in [3.63, 3.8) is 0 Å². The van der Waals surface area contributed by atoms with Crippen molar-refractivity contribution in [3.8, 4) is 5.75 Å². The predicted molar refractivity (Wildman–Crippen MR) is 105 cm³/mol. The summed E-state index contributed by atoms with van der Waals surface area (Å²) in [5, 5.41) is 2.92. The van der Waals surface area contributed by atoms with Crippen LogP contribution in [0.5, 0.6) is 5.75 Å². The Morgan fingerprint density at radius 3 is 2.35 bits per heavy atom. The number of methoxy groups -OCH3 is 1. The van der Waals surface area contributed by atoms with Crippen molar-refractivity contribution in [1.29, 1.82) is 0 Å². The van der Waals surface area contributed by atoms with Crippen molar-refractivity contribution < 1.29 is 9.53 Å². The molecule has 136 valence electrons. The average Bonchev–Trinajstić information content (AvgIpc) is 3.19. The molecular weight excluding hydrogens is 324 g/mol. The number of carbonyl (C=O) groups excluding carboxylic acids is 1. The highest BCUT2D eigenvalue weighted by Crippen LogP contribution is 2.14. The van der Waals surface area contributed by atoms with E-state index in [0.717, 1.165) is 23.4 Å². The first-order chi connectivity index (χ1) is 12.7. The van der Waals surface area contributed by atoms with Crippen LogP contribution >= 0.6 is 0 Å². The molecular formula is C22H26N2O2. The summed E-state index contributed by atoms with van der Waals surface area (Å²) < 4.78 is 5.12. The normalized spacial score (nSPS) is 14.7. The number of likely N-dealkylation sites (tertiary alicyclic amines) is 1. The van der Waals surface area contributed by atoms with Crippen LogP contribution in [0.4, 0.5) is 0 Å². The van der Waals surface area contributed by atoms with E-state index in [9.17, 15) is 4.79 Å². The van der Waals surface area contributed by atoms with Crippen molar-refractivity contribution in [1.82, 2.24) is 10.2 Å². The van der Waals surface area contributed by atoms with Gasteiger partial charge in [-0.2, -0.15) is 0 Å². The zero-order chi connectivity index (χ0) is 18.2. The molecule has 0 atom stereocenters. The Labute approximate surface area is 155 Å². The Morgan fingerprint density at radius 2 is 1.69 bits per heavy atom. The topological polar surface area (TPSA) is 41.6 Å². The van der Waals surface area contributed by atoms with Gasteiger partial charge >= 0.3 is 0 Å². The highest BCUT2D eigenvalue weighted by atomic mass is 16.5. The number of nitrogens with one attached hydrogen (secondary N) is 1. The van der Waals surface area contributed by atoms with E-state index in [1.165, 1.54) is 31.5 Å². The van der Waals surface area contributed by atoms with Gasteiger partial charge in [-0.15, -0.1) is 0 Å². The summed E-state index contributed by atoms with van der Waals surface area (Å²) in [5.74, 6) is 0.710. The standard InChI is InChI=1S/C22H26N2O2/c1-26-21-11-8-18(9-12-21)10-13-22(25)23-16-19-4-6-20(7-5-19)17-24-14-2-3-15-24/h4-13H,2-3,14-17H2,1H3,(H,23,25)/b13-10+. The smallest absolute Gasteiger partial charge is 0.244 e. The van der Waals surface area contributed by atoms with Gasteiger partial charge in [0, 0.05) is 19.2 Å². The van der Waals surface area contributed by atoms with E-state index >= 15 is 0 Å². The van der Waals surface area contributed by atoms with Crippen LogP contribution in [0.15, 0.2) is 54.6 Å². The zero-order valence-corrected chi connectivity index (χ0v) is 15.3. The molecule has 1 amide bonds. The number of ether oxygens (including phenoxy) is 1. The summed E-state index contributed by atoms with van der Waals surface area (Å²) >= 11 is 0. The van der Waals surface area contributed by atoms with Gasteiger partial charge < -0.3 is 10.1 Å². The lowest BCUT2D eigenvalue weighted by molar-refractivity contribution is -0.116. The van der Waals surface area contributed by atoms with E-state index in [-0.39, 0.29) is 5.91 Å². The summed E-state index contributed by atoms with van der Waals surface area (Å²) in [7, 11) is 1.64. The largest absolute Gasteiger partial charge is 0.497 e. The van der Waals surface area contributed by atoms with Gasteiger partial charge in [0.2, 0.25) is 5.91 Å². The van der Waals surface area contributed by atoms with Gasteiger partial charge in [-0.05, 0) is 60.8 Å². The summed E-state index contributed by atoms with van der Waals surface area (Å²) in [6.45, 7) is 3.98. The van der Waals surface area contributed by atoms with E-state index in [1.807, 2.05) is 24.3 Å². The highest BCUT2D eigenvalue weighted by molar-refractivity contribution is 5.91. The molecule has 3 rings (SSSR count). The van der Waals surface area contributed by atoms with Gasteiger partial charge in [-0.25, -0.2) is 0 Å². The molecule has 1 N–H and O–H groups in total. The molecule has 2 aromatic rings. The van der Waals surface area contributed by atoms with Crippen molar-refractivity contribution >= 4 is 12.0 Å². The number of carbonyl (C=O) groups is 1. The van der Waals surface area contributed by atoms with Crippen LogP contribution in [0.1, 0.15) is 29.5 Å². The first kappa shape index (κ1) is 18.2. The molecule has 4 heteroatoms. The lowest BCUT2D eigenvalue weighted by Gasteiger charge is -2.14. The van der Waals surface area contributed by atoms with Gasteiger partial charge in [0.1, 0.15) is 5.75 Å². The van der Waals surface area contributed by atoms with Gasteiger partial charge in [-0.1, -0.05) is 36.4 Å². The lowest BCUT2D eigenvalue weighted by Crippen LogP contribution is -2.20. The molecule has 1 aliphatic heterocycles. The fraction of sp³-hybridized carbons (Fsp3) is 0.318. The molecule has 2 aromatic carbocycles. The quantitative estimate of drug-likeness (QED) is 0.776. The van der Waals surface area contributed by atoms with Crippen LogP contribution in [0.25, 0.3) is 6.08 Å². The molecule has 4 nitrogen and oxygen atoms in total. The van der Waals surface area contributed by atoms with E-state index in [4.69, 9.17) is 4.74 Å². The maximum absolute atomic E-state index is 12.0. The Kier molecular flexibility index (Phi) is 6.45. The summed E-state index contributed by atoms with van der Waals surface area (Å²) in [6, 6.07) is 16.1. The molecule has 1 fully saturated rings. The SMILES string of the molecule is COc1ccc(/C=C/C(=O)NCc2ccc(CN3CCCC3)cc2)cc1. The molecule has 0 aliphatic carbocycles. The van der Waals surface area contributed by atoms with Gasteiger partial charge in [0.15, 0.2) is 0 Å². The molecule has 0 bridgehead atoms. The van der Waals surface area contributed by atoms with Crippen LogP contribution in [0, 0.1) is 0 Å². The molecule has 0 saturated carbocycles. The number of hydrogen-bond acceptors (Lipinski definition) is 3. The molecule has 1 heterocycles. The molecule has 0 radical (unpaired) electrons. The first-order valence-electron chi connectivity index (χ1n) is 9.13. The highest BCUT2D eigenvalue weighted by Gasteiger charge is 2.11. The predicted octanol–water partition coefficient (Wildman–Crippen LogP) is 3.62. The monoisotopic (exact) mass is 350 g/mol. The van der Waals surface area contributed by atoms with E-state index in [2.05, 4.69) is 34.5 Å². The van der Waals surface area contributed by atoms with Crippen LogP contribution in [0.2, 0.25) is 0 Å². The van der Waals surface area contributed by atoms with Crippen molar-refractivity contribution in [2.24, 2.45) is 0 Å². The Bertz CT molecular complexity index is 730. The zero-order valence-electron chi connectivity index (χ0n) is 15.3. The molecule has 0 aromatic heterocycles.